The van der Waals surface area contributed by atoms with E-state index in [2.05, 4.69) is 0 Å². The van der Waals surface area contributed by atoms with Gasteiger partial charge in [-0.25, -0.2) is 5.11 Å². The van der Waals surface area contributed by atoms with Crippen molar-refractivity contribution >= 4 is 0 Å². The van der Waals surface area contributed by atoms with Gasteiger partial charge in [0.15, 0.2) is 0 Å². The van der Waals surface area contributed by atoms with Gasteiger partial charge >= 0.3 is 6.18 Å². The van der Waals surface area contributed by atoms with Gasteiger partial charge < -0.3 is 0 Å². The van der Waals surface area contributed by atoms with Crippen LogP contribution in [-0.4, -0.2) is 12.8 Å². The molecule has 0 spiro atoms. The van der Waals surface area contributed by atoms with Crippen molar-refractivity contribution in [2.24, 2.45) is 0 Å². The van der Waals surface area contributed by atoms with E-state index < -0.39 is 6.18 Å². The molecule has 0 N–H and O–H groups in total. The first-order valence-corrected chi connectivity index (χ1v) is 2.71. The fraction of sp³-hybridized carbons (Fsp3) is 0.667. The van der Waals surface area contributed by atoms with Crippen LogP contribution in [0.1, 0.15) is 12.8 Å². The van der Waals surface area contributed by atoms with Crippen molar-refractivity contribution in [2.45, 2.75) is 19.0 Å². The van der Waals surface area contributed by atoms with E-state index in [1.165, 1.54) is 0 Å². The lowest BCUT2D eigenvalue weighted by atomic mass is 10.3. The number of hydrogen-bond acceptors (Lipinski definition) is 0. The van der Waals surface area contributed by atoms with Gasteiger partial charge in [-0.3, -0.25) is 0 Å². The Balaban J connectivity index is 3.50. The van der Waals surface area contributed by atoms with E-state index in [9.17, 15) is 18.3 Å². The maximum Gasteiger partial charge on any atom is 0.457 e. The highest BCUT2D eigenvalue weighted by molar-refractivity contribution is 5.04. The van der Waals surface area contributed by atoms with E-state index in [4.69, 9.17) is 0 Å². The molecule has 0 aliphatic rings. The average molecular weight is 151 g/mol. The molecule has 0 aromatic carbocycles. The van der Waals surface area contributed by atoms with Gasteiger partial charge in [0.05, 0.1) is 6.61 Å². The molecule has 1 radical (unpaired) electrons. The fourth-order valence-corrected chi connectivity index (χ4v) is 0.323. The Kier molecular flexibility index (Phi) is 3.89. The normalized spacial score (nSPS) is 10.4. The second-order valence-electron chi connectivity index (χ2n) is 1.61. The van der Waals surface area contributed by atoms with Crippen LogP contribution in [0, 0.1) is 11.8 Å². The van der Waals surface area contributed by atoms with Crippen LogP contribution < -0.4 is 0 Å². The molecule has 10 heavy (non-hydrogen) atoms. The first-order chi connectivity index (χ1) is 4.56. The summed E-state index contributed by atoms with van der Waals surface area (Å²) < 4.78 is 33.7. The number of unbranched alkanes of at least 4 members (excludes halogenated alkanes) is 1. The molecule has 1 nitrogen and oxygen atoms in total. The maximum absolute atomic E-state index is 11.2. The lowest BCUT2D eigenvalue weighted by Gasteiger charge is -1.91. The number of hydrogen-bond donors (Lipinski definition) is 0. The molecule has 0 aliphatic carbocycles. The van der Waals surface area contributed by atoms with Crippen LogP contribution in [0.4, 0.5) is 13.2 Å². The standard InChI is InChI=1S/C6H6F3O/c7-6(8,9)4-2-1-3-5-10/h1,3,5H2. The third-order valence-corrected chi connectivity index (χ3v) is 0.676. The van der Waals surface area contributed by atoms with Crippen molar-refractivity contribution in [1.29, 1.82) is 0 Å². The summed E-state index contributed by atoms with van der Waals surface area (Å²) in [6.45, 7) is -0.369. The molecule has 0 saturated carbocycles. The van der Waals surface area contributed by atoms with Gasteiger partial charge in [-0.05, 0) is 6.42 Å². The van der Waals surface area contributed by atoms with Crippen molar-refractivity contribution in [1.82, 2.24) is 0 Å². The van der Waals surface area contributed by atoms with Crippen LogP contribution in [0.5, 0.6) is 0 Å². The summed E-state index contributed by atoms with van der Waals surface area (Å²) in [7, 11) is 0. The minimum absolute atomic E-state index is 0.0308. The highest BCUT2D eigenvalue weighted by Crippen LogP contribution is 2.11. The van der Waals surface area contributed by atoms with Gasteiger partial charge in [0.25, 0.3) is 0 Å². The maximum atomic E-state index is 11.2. The van der Waals surface area contributed by atoms with Crippen molar-refractivity contribution < 1.29 is 18.3 Å². The van der Waals surface area contributed by atoms with Crippen LogP contribution in [0.2, 0.25) is 0 Å². The predicted molar refractivity (Wildman–Crippen MR) is 28.6 cm³/mol. The summed E-state index contributed by atoms with van der Waals surface area (Å²) >= 11 is 0. The molecular weight excluding hydrogens is 145 g/mol. The molecule has 0 saturated heterocycles. The van der Waals surface area contributed by atoms with E-state index >= 15 is 0 Å². The van der Waals surface area contributed by atoms with Gasteiger partial charge in [-0.1, -0.05) is 5.92 Å². The number of alkyl halides is 3. The zero-order valence-electron chi connectivity index (χ0n) is 5.16. The molecule has 0 aliphatic heterocycles. The fourth-order valence-electron chi connectivity index (χ4n) is 0.323. The number of rotatable bonds is 2. The van der Waals surface area contributed by atoms with E-state index in [-0.39, 0.29) is 19.4 Å². The molecule has 0 bridgehead atoms. The molecule has 0 fully saturated rings. The second-order valence-corrected chi connectivity index (χ2v) is 1.61. The van der Waals surface area contributed by atoms with Crippen LogP contribution in [0.15, 0.2) is 0 Å². The Labute approximate surface area is 56.9 Å². The van der Waals surface area contributed by atoms with Gasteiger partial charge in [-0.2, -0.15) is 13.2 Å². The smallest absolute Gasteiger partial charge is 0.237 e. The first-order valence-electron chi connectivity index (χ1n) is 2.71. The van der Waals surface area contributed by atoms with Crippen molar-refractivity contribution in [3.63, 3.8) is 0 Å². The molecule has 4 heteroatoms. The largest absolute Gasteiger partial charge is 0.457 e. The quantitative estimate of drug-likeness (QED) is 0.423. The molecular formula is C6H6F3O. The third kappa shape index (κ3) is 7.31. The van der Waals surface area contributed by atoms with E-state index in [0.29, 0.717) is 0 Å². The average Bonchev–Trinajstić information content (AvgIpc) is 1.78. The SMILES string of the molecule is [O]CCCC#CC(F)(F)F. The van der Waals surface area contributed by atoms with Crippen LogP contribution in [-0.2, 0) is 5.11 Å². The molecule has 0 heterocycles. The highest BCUT2D eigenvalue weighted by Gasteiger charge is 2.22. The van der Waals surface area contributed by atoms with E-state index in [1.807, 2.05) is 5.92 Å². The lowest BCUT2D eigenvalue weighted by Crippen LogP contribution is -2.01. The zero-order chi connectivity index (χ0) is 8.04. The summed E-state index contributed by atoms with van der Waals surface area (Å²) in [5.74, 6) is 2.92. The Morgan fingerprint density at radius 2 is 1.90 bits per heavy atom. The molecule has 0 rings (SSSR count). The summed E-state index contributed by atoms with van der Waals surface area (Å²) in [5, 5.41) is 9.71. The van der Waals surface area contributed by atoms with Crippen LogP contribution >= 0.6 is 0 Å². The van der Waals surface area contributed by atoms with Crippen molar-refractivity contribution in [2.75, 3.05) is 6.61 Å². The third-order valence-electron chi connectivity index (χ3n) is 0.676. The van der Waals surface area contributed by atoms with Gasteiger partial charge in [0.2, 0.25) is 0 Å². The van der Waals surface area contributed by atoms with Crippen molar-refractivity contribution in [3.8, 4) is 11.8 Å². The first kappa shape index (κ1) is 9.31. The van der Waals surface area contributed by atoms with Gasteiger partial charge in [0, 0.05) is 12.3 Å². The Morgan fingerprint density at radius 3 is 2.30 bits per heavy atom. The minimum atomic E-state index is -4.41. The van der Waals surface area contributed by atoms with Crippen LogP contribution in [0.25, 0.3) is 0 Å². The Morgan fingerprint density at radius 1 is 1.30 bits per heavy atom. The van der Waals surface area contributed by atoms with Gasteiger partial charge in [0.1, 0.15) is 0 Å². The highest BCUT2D eigenvalue weighted by atomic mass is 19.4. The summed E-state index contributed by atoms with van der Waals surface area (Å²) in [6.07, 6.45) is -4.20. The second kappa shape index (κ2) is 4.18. The summed E-state index contributed by atoms with van der Waals surface area (Å²) in [4.78, 5) is 0. The topological polar surface area (TPSA) is 19.9 Å². The minimum Gasteiger partial charge on any atom is -0.237 e. The monoisotopic (exact) mass is 151 g/mol. The zero-order valence-corrected chi connectivity index (χ0v) is 5.16. The molecule has 0 aromatic rings. The van der Waals surface area contributed by atoms with Crippen molar-refractivity contribution in [3.05, 3.63) is 0 Å². The van der Waals surface area contributed by atoms with Gasteiger partial charge in [-0.15, -0.1) is 0 Å². The molecule has 57 valence electrons. The van der Waals surface area contributed by atoms with Crippen LogP contribution in [0.3, 0.4) is 0 Å². The van der Waals surface area contributed by atoms with E-state index in [1.54, 1.807) is 0 Å². The Hall–Kier alpha value is -0.690. The molecule has 0 amide bonds. The lowest BCUT2D eigenvalue weighted by molar-refractivity contribution is -0.0697. The predicted octanol–water partition coefficient (Wildman–Crippen LogP) is 1.76. The van der Waals surface area contributed by atoms with E-state index in [0.717, 1.165) is 5.92 Å². The summed E-state index contributed by atoms with van der Waals surface area (Å²) in [6, 6.07) is 0. The molecule has 0 unspecified atom stereocenters. The Bertz CT molecular complexity index is 139. The molecule has 0 aromatic heterocycles. The summed E-state index contributed by atoms with van der Waals surface area (Å²) in [5.41, 5.74) is 0. The number of halogens is 3. The molecule has 0 atom stereocenters.